The maximum Gasteiger partial charge on any atom is 0.127 e. The van der Waals surface area contributed by atoms with Crippen LogP contribution in [0.25, 0.3) is 6.08 Å². The quantitative estimate of drug-likeness (QED) is 0.839. The number of benzene rings is 1. The first-order chi connectivity index (χ1) is 10.9. The molecule has 4 heteroatoms. The summed E-state index contributed by atoms with van der Waals surface area (Å²) >= 11 is 0. The van der Waals surface area contributed by atoms with E-state index >= 15 is 0 Å². The fourth-order valence-corrected chi connectivity index (χ4v) is 3.12. The van der Waals surface area contributed by atoms with Gasteiger partial charge < -0.3 is 9.84 Å². The summed E-state index contributed by atoms with van der Waals surface area (Å²) in [6, 6.07) is 5.87. The van der Waals surface area contributed by atoms with Crippen LogP contribution in [0.4, 0.5) is 0 Å². The molecule has 1 unspecified atom stereocenters. The van der Waals surface area contributed by atoms with Crippen molar-refractivity contribution in [3.8, 4) is 11.5 Å². The summed E-state index contributed by atoms with van der Waals surface area (Å²) in [5, 5.41) is 10.2. The average Bonchev–Trinajstić information content (AvgIpc) is 2.57. The van der Waals surface area contributed by atoms with Crippen molar-refractivity contribution >= 4 is 18.5 Å². The van der Waals surface area contributed by atoms with Gasteiger partial charge in [0.2, 0.25) is 0 Å². The number of aromatic nitrogens is 1. The van der Waals surface area contributed by atoms with Crippen molar-refractivity contribution in [2.75, 3.05) is 0 Å². The van der Waals surface area contributed by atoms with Crippen molar-refractivity contribution in [2.24, 2.45) is 0 Å². The lowest BCUT2D eigenvalue weighted by Gasteiger charge is -2.36. The molecule has 0 aliphatic carbocycles. The van der Waals surface area contributed by atoms with Gasteiger partial charge in [-0.3, -0.25) is 4.98 Å². The van der Waals surface area contributed by atoms with E-state index in [1.165, 1.54) is 0 Å². The SMILES string of the molecule is Cc1c(C)c2c(c(C)c1O)CCC(C)(C=Cc1ccccn1)O2.Cl. The normalized spacial score (nSPS) is 19.5. The number of phenolic OH excluding ortho intramolecular Hbond substituents is 1. The first kappa shape index (κ1) is 18.3. The van der Waals surface area contributed by atoms with Crippen molar-refractivity contribution in [1.82, 2.24) is 4.98 Å². The minimum absolute atomic E-state index is 0. The number of fused-ring (bicyclic) bond motifs is 1. The van der Waals surface area contributed by atoms with Crippen LogP contribution in [0.3, 0.4) is 0 Å². The van der Waals surface area contributed by atoms with Crippen molar-refractivity contribution in [3.05, 3.63) is 58.4 Å². The van der Waals surface area contributed by atoms with Crippen LogP contribution in [0.1, 0.15) is 41.3 Å². The molecule has 0 radical (unpaired) electrons. The van der Waals surface area contributed by atoms with Crippen LogP contribution >= 0.6 is 12.4 Å². The fourth-order valence-electron chi connectivity index (χ4n) is 3.12. The first-order valence-electron chi connectivity index (χ1n) is 8.02. The maximum absolute atomic E-state index is 10.2. The predicted octanol–water partition coefficient (Wildman–Crippen LogP) is 4.93. The Balaban J connectivity index is 0.00000208. The van der Waals surface area contributed by atoms with Gasteiger partial charge in [-0.1, -0.05) is 6.07 Å². The van der Waals surface area contributed by atoms with Gasteiger partial charge in [0.05, 0.1) is 5.69 Å². The van der Waals surface area contributed by atoms with Crippen LogP contribution in [-0.4, -0.2) is 15.7 Å². The van der Waals surface area contributed by atoms with Crippen LogP contribution < -0.4 is 4.74 Å². The first-order valence-corrected chi connectivity index (χ1v) is 8.02. The molecule has 24 heavy (non-hydrogen) atoms. The van der Waals surface area contributed by atoms with Gasteiger partial charge in [-0.25, -0.2) is 0 Å². The molecule has 1 aliphatic rings. The third kappa shape index (κ3) is 3.27. The Bertz CT molecular complexity index is 771. The number of rotatable bonds is 2. The highest BCUT2D eigenvalue weighted by Gasteiger charge is 2.32. The predicted molar refractivity (Wildman–Crippen MR) is 100 cm³/mol. The number of nitrogens with zero attached hydrogens (tertiary/aromatic N) is 1. The second-order valence-corrected chi connectivity index (χ2v) is 6.53. The maximum atomic E-state index is 10.2. The largest absolute Gasteiger partial charge is 0.507 e. The van der Waals surface area contributed by atoms with Gasteiger partial charge in [-0.05, 0) is 81.5 Å². The van der Waals surface area contributed by atoms with Crippen LogP contribution in [0.15, 0.2) is 30.5 Å². The Labute approximate surface area is 149 Å². The fraction of sp³-hybridized carbons (Fsp3) is 0.350. The standard InChI is InChI=1S/C20H23NO2.ClH/c1-13-14(2)19-17(15(3)18(13)22)9-11-20(4,23-19)10-8-16-7-5-6-12-21-16;/h5-8,10,12,22H,9,11H2,1-4H3;1H. The molecule has 1 aromatic heterocycles. The van der Waals surface area contributed by atoms with Crippen molar-refractivity contribution in [1.29, 1.82) is 0 Å². The Hall–Kier alpha value is -2.00. The van der Waals surface area contributed by atoms with Gasteiger partial charge in [-0.2, -0.15) is 0 Å². The van der Waals surface area contributed by atoms with E-state index in [1.54, 1.807) is 6.20 Å². The topological polar surface area (TPSA) is 42.4 Å². The molecule has 1 atom stereocenters. The molecule has 1 N–H and O–H groups in total. The van der Waals surface area contributed by atoms with Gasteiger partial charge in [0.1, 0.15) is 17.1 Å². The number of ether oxygens (including phenoxy) is 1. The lowest BCUT2D eigenvalue weighted by Crippen LogP contribution is -2.35. The molecule has 0 bridgehead atoms. The summed E-state index contributed by atoms with van der Waals surface area (Å²) in [6.07, 6.45) is 7.68. The molecule has 0 saturated heterocycles. The molecular weight excluding hydrogens is 322 g/mol. The molecule has 0 saturated carbocycles. The lowest BCUT2D eigenvalue weighted by atomic mass is 9.87. The minimum Gasteiger partial charge on any atom is -0.507 e. The number of aromatic hydroxyl groups is 1. The van der Waals surface area contributed by atoms with Gasteiger partial charge >= 0.3 is 0 Å². The number of pyridine rings is 1. The molecule has 3 nitrogen and oxygen atoms in total. The van der Waals surface area contributed by atoms with E-state index in [-0.39, 0.29) is 18.0 Å². The zero-order chi connectivity index (χ0) is 16.6. The van der Waals surface area contributed by atoms with Gasteiger partial charge in [-0.15, -0.1) is 12.4 Å². The van der Waals surface area contributed by atoms with Crippen LogP contribution in [0.5, 0.6) is 11.5 Å². The summed E-state index contributed by atoms with van der Waals surface area (Å²) in [6.45, 7) is 8.03. The van der Waals surface area contributed by atoms with Crippen molar-refractivity contribution in [2.45, 2.75) is 46.1 Å². The number of phenols is 1. The Kier molecular flexibility index (Phi) is 5.24. The highest BCUT2D eigenvalue weighted by molar-refractivity contribution is 5.85. The zero-order valence-corrected chi connectivity index (χ0v) is 15.4. The molecule has 2 aromatic rings. The minimum atomic E-state index is -0.356. The van der Waals surface area contributed by atoms with E-state index < -0.39 is 0 Å². The molecule has 3 rings (SSSR count). The average molecular weight is 346 g/mol. The van der Waals surface area contributed by atoms with Crippen LogP contribution in [0.2, 0.25) is 0 Å². The molecule has 1 aliphatic heterocycles. The van der Waals surface area contributed by atoms with Crippen LogP contribution in [0, 0.1) is 20.8 Å². The third-order valence-corrected chi connectivity index (χ3v) is 4.84. The monoisotopic (exact) mass is 345 g/mol. The third-order valence-electron chi connectivity index (χ3n) is 4.84. The molecule has 128 valence electrons. The van der Waals surface area contributed by atoms with Gasteiger partial charge in [0.25, 0.3) is 0 Å². The summed E-state index contributed by atoms with van der Waals surface area (Å²) in [4.78, 5) is 4.32. The van der Waals surface area contributed by atoms with E-state index in [1.807, 2.05) is 45.0 Å². The van der Waals surface area contributed by atoms with Crippen molar-refractivity contribution < 1.29 is 9.84 Å². The van der Waals surface area contributed by atoms with E-state index in [0.717, 1.165) is 46.5 Å². The Morgan fingerprint density at radius 3 is 2.58 bits per heavy atom. The second-order valence-electron chi connectivity index (χ2n) is 6.53. The number of hydrogen-bond donors (Lipinski definition) is 1. The van der Waals surface area contributed by atoms with E-state index in [9.17, 15) is 5.11 Å². The van der Waals surface area contributed by atoms with Gasteiger partial charge in [0, 0.05) is 11.8 Å². The lowest BCUT2D eigenvalue weighted by molar-refractivity contribution is 0.113. The Morgan fingerprint density at radius 2 is 1.92 bits per heavy atom. The summed E-state index contributed by atoms with van der Waals surface area (Å²) in [7, 11) is 0. The zero-order valence-electron chi connectivity index (χ0n) is 14.6. The number of halogens is 1. The molecule has 0 amide bonds. The highest BCUT2D eigenvalue weighted by Crippen LogP contribution is 2.43. The molecule has 0 fully saturated rings. The summed E-state index contributed by atoms with van der Waals surface area (Å²) < 4.78 is 6.36. The van der Waals surface area contributed by atoms with E-state index in [2.05, 4.69) is 18.0 Å². The molecule has 2 heterocycles. The van der Waals surface area contributed by atoms with E-state index in [4.69, 9.17) is 4.74 Å². The van der Waals surface area contributed by atoms with Gasteiger partial charge in [0.15, 0.2) is 0 Å². The second kappa shape index (κ2) is 6.86. The van der Waals surface area contributed by atoms with Crippen LogP contribution in [-0.2, 0) is 6.42 Å². The number of hydrogen-bond acceptors (Lipinski definition) is 3. The summed E-state index contributed by atoms with van der Waals surface area (Å²) in [5.74, 6) is 1.33. The smallest absolute Gasteiger partial charge is 0.127 e. The molecule has 0 spiro atoms. The van der Waals surface area contributed by atoms with Crippen molar-refractivity contribution in [3.63, 3.8) is 0 Å². The molecular formula is C20H24ClNO2. The highest BCUT2D eigenvalue weighted by atomic mass is 35.5. The van der Waals surface area contributed by atoms with E-state index in [0.29, 0.717) is 5.75 Å². The summed E-state index contributed by atoms with van der Waals surface area (Å²) in [5.41, 5.74) is 4.58. The Morgan fingerprint density at radius 1 is 1.17 bits per heavy atom. The molecule has 1 aromatic carbocycles.